The highest BCUT2D eigenvalue weighted by Gasteiger charge is 2.54. The molecule has 2 aliphatic heterocycles. The van der Waals surface area contributed by atoms with E-state index in [0.29, 0.717) is 17.7 Å². The molecule has 2 heterocycles. The number of rotatable bonds is 10. The third-order valence-corrected chi connectivity index (χ3v) is 9.04. The second-order valence-corrected chi connectivity index (χ2v) is 13.3. The minimum atomic E-state index is -1.32. The number of hydrogen-bond acceptors (Lipinski definition) is 7. The molecule has 1 fully saturated rings. The van der Waals surface area contributed by atoms with E-state index in [1.54, 1.807) is 0 Å². The molecule has 12 heteroatoms. The number of hydrogen-bond donors (Lipinski definition) is 2. The summed E-state index contributed by atoms with van der Waals surface area (Å²) in [5.74, 6) is -2.48. The lowest BCUT2D eigenvalue weighted by atomic mass is 9.70. The molecule has 258 valence electrons. The van der Waals surface area contributed by atoms with Gasteiger partial charge in [-0.15, -0.1) is 0 Å². The van der Waals surface area contributed by atoms with E-state index in [-0.39, 0.29) is 54.1 Å². The van der Waals surface area contributed by atoms with Gasteiger partial charge in [-0.05, 0) is 42.4 Å². The molecule has 3 aromatic carbocycles. The minimum Gasteiger partial charge on any atom is -0.488 e. The maximum Gasteiger partial charge on any atom is 0.407 e. The average molecular weight is 687 g/mol. The number of carbonyl (C=O) groups excluding carboxylic acids is 2. The number of carbonyl (C=O) groups is 2. The van der Waals surface area contributed by atoms with Crippen LogP contribution in [0.4, 0.5) is 13.6 Å². The number of alkyl carbamates (subject to hydrolysis) is 1. The monoisotopic (exact) mass is 686 g/mol. The SMILES string of the molecule is CNC(=O)c1ccc(OCCO[C@H]2CCCCO2)c(F)c1-c1c(Cl)c(F)cc2c1C[C@](c1ccccc1)(C(NC(=O)OC)C(C)(C)C)O2. The molecule has 3 atom stereocenters. The van der Waals surface area contributed by atoms with Crippen LogP contribution in [0.2, 0.25) is 5.02 Å². The van der Waals surface area contributed by atoms with Gasteiger partial charge in [0.05, 0.1) is 30.3 Å². The largest absolute Gasteiger partial charge is 0.488 e. The van der Waals surface area contributed by atoms with Crippen molar-refractivity contribution in [3.05, 3.63) is 81.9 Å². The van der Waals surface area contributed by atoms with Crippen molar-refractivity contribution in [2.24, 2.45) is 5.41 Å². The number of methoxy groups -OCH3 is 1. The van der Waals surface area contributed by atoms with Gasteiger partial charge in [0.2, 0.25) is 0 Å². The predicted octanol–water partition coefficient (Wildman–Crippen LogP) is 7.17. The maximum atomic E-state index is 16.7. The van der Waals surface area contributed by atoms with E-state index in [1.807, 2.05) is 51.1 Å². The molecule has 0 spiro atoms. The number of ether oxygens (including phenoxy) is 5. The lowest BCUT2D eigenvalue weighted by Gasteiger charge is -2.44. The lowest BCUT2D eigenvalue weighted by Crippen LogP contribution is -2.59. The summed E-state index contributed by atoms with van der Waals surface area (Å²) in [5, 5.41) is 5.06. The standard InChI is InChI=1S/C36H41ClF2N2O7/c1-35(2,3)33(41-34(43)44-5)36(21-11-7-6-8-12-21)20-23-26(48-36)19-24(38)30(37)28(23)29-22(32(42)40-4)14-15-25(31(29)39)45-17-18-47-27-13-9-10-16-46-27/h6-8,11-12,14-15,19,27,33H,9-10,13,16-18,20H2,1-5H3,(H,40,42)(H,41,43)/t27-,33?,36-/m0/s1. The van der Waals surface area contributed by atoms with Gasteiger partial charge in [-0.1, -0.05) is 62.7 Å². The topological polar surface area (TPSA) is 104 Å². The predicted molar refractivity (Wildman–Crippen MR) is 176 cm³/mol. The summed E-state index contributed by atoms with van der Waals surface area (Å²) in [6.07, 6.45) is 1.73. The van der Waals surface area contributed by atoms with E-state index in [4.69, 9.17) is 35.3 Å². The summed E-state index contributed by atoms with van der Waals surface area (Å²) in [5.41, 5.74) is -1.31. The van der Waals surface area contributed by atoms with Crippen LogP contribution in [0.15, 0.2) is 48.5 Å². The molecule has 2 amide bonds. The number of nitrogens with one attached hydrogen (secondary N) is 2. The van der Waals surface area contributed by atoms with Crippen molar-refractivity contribution < 1.29 is 42.1 Å². The summed E-state index contributed by atoms with van der Waals surface area (Å²) in [6.45, 7) is 6.53. The first-order valence-electron chi connectivity index (χ1n) is 15.9. The number of amides is 2. The van der Waals surface area contributed by atoms with Crippen LogP contribution in [0.5, 0.6) is 11.5 Å². The lowest BCUT2D eigenvalue weighted by molar-refractivity contribution is -0.165. The fourth-order valence-corrected chi connectivity index (χ4v) is 6.75. The van der Waals surface area contributed by atoms with E-state index in [0.717, 1.165) is 25.3 Å². The minimum absolute atomic E-state index is 0.00276. The molecule has 2 N–H and O–H groups in total. The molecular weight excluding hydrogens is 646 g/mol. The zero-order valence-corrected chi connectivity index (χ0v) is 28.5. The van der Waals surface area contributed by atoms with Crippen LogP contribution in [0.3, 0.4) is 0 Å². The van der Waals surface area contributed by atoms with Gasteiger partial charge in [-0.2, -0.15) is 0 Å². The molecule has 0 bridgehead atoms. The summed E-state index contributed by atoms with van der Waals surface area (Å²) in [4.78, 5) is 25.9. The Balaban J connectivity index is 1.63. The highest BCUT2D eigenvalue weighted by Crippen LogP contribution is 2.53. The Morgan fingerprint density at radius 1 is 1.08 bits per heavy atom. The molecule has 0 saturated carbocycles. The second kappa shape index (κ2) is 14.7. The van der Waals surface area contributed by atoms with Gasteiger partial charge in [0.1, 0.15) is 18.2 Å². The highest BCUT2D eigenvalue weighted by molar-refractivity contribution is 6.34. The second-order valence-electron chi connectivity index (χ2n) is 12.9. The average Bonchev–Trinajstić information content (AvgIpc) is 3.46. The van der Waals surface area contributed by atoms with Gasteiger partial charge in [0, 0.05) is 42.8 Å². The maximum absolute atomic E-state index is 16.7. The molecule has 0 aromatic heterocycles. The Labute approximate surface area is 284 Å². The van der Waals surface area contributed by atoms with Crippen molar-refractivity contribution in [3.8, 4) is 22.6 Å². The van der Waals surface area contributed by atoms with Crippen LogP contribution >= 0.6 is 11.6 Å². The van der Waals surface area contributed by atoms with Crippen molar-refractivity contribution in [3.63, 3.8) is 0 Å². The van der Waals surface area contributed by atoms with Gasteiger partial charge in [-0.3, -0.25) is 4.79 Å². The van der Waals surface area contributed by atoms with Crippen LogP contribution in [0.1, 0.15) is 61.5 Å². The van der Waals surface area contributed by atoms with Crippen molar-refractivity contribution in [2.45, 2.75) is 64.4 Å². The molecule has 9 nitrogen and oxygen atoms in total. The van der Waals surface area contributed by atoms with Crippen molar-refractivity contribution in [1.29, 1.82) is 0 Å². The molecular formula is C36H41ClF2N2O7. The van der Waals surface area contributed by atoms with Crippen LogP contribution in [-0.4, -0.2) is 58.3 Å². The quantitative estimate of drug-likeness (QED) is 0.218. The first kappa shape index (κ1) is 35.4. The van der Waals surface area contributed by atoms with Gasteiger partial charge < -0.3 is 34.3 Å². The Kier molecular flexibility index (Phi) is 10.8. The smallest absolute Gasteiger partial charge is 0.407 e. The Morgan fingerprint density at radius 2 is 1.83 bits per heavy atom. The van der Waals surface area contributed by atoms with E-state index in [2.05, 4.69) is 10.6 Å². The van der Waals surface area contributed by atoms with Gasteiger partial charge in [0.15, 0.2) is 23.5 Å². The summed E-state index contributed by atoms with van der Waals surface area (Å²) < 4.78 is 61.2. The molecule has 1 saturated heterocycles. The number of halogens is 3. The Bertz CT molecular complexity index is 1640. The van der Waals surface area contributed by atoms with Crippen molar-refractivity contribution >= 4 is 23.6 Å². The molecule has 48 heavy (non-hydrogen) atoms. The first-order chi connectivity index (χ1) is 22.9. The zero-order valence-electron chi connectivity index (χ0n) is 27.7. The number of benzene rings is 3. The Morgan fingerprint density at radius 3 is 2.48 bits per heavy atom. The molecule has 5 rings (SSSR count). The number of fused-ring (bicyclic) bond motifs is 1. The van der Waals surface area contributed by atoms with E-state index >= 15 is 8.78 Å². The van der Waals surface area contributed by atoms with E-state index < -0.39 is 45.7 Å². The van der Waals surface area contributed by atoms with Gasteiger partial charge in [0.25, 0.3) is 5.91 Å². The normalized spacial score (nSPS) is 19.5. The van der Waals surface area contributed by atoms with Crippen LogP contribution < -0.4 is 20.1 Å². The van der Waals surface area contributed by atoms with E-state index in [1.165, 1.54) is 26.3 Å². The molecule has 0 aliphatic carbocycles. The van der Waals surface area contributed by atoms with Gasteiger partial charge in [-0.25, -0.2) is 13.6 Å². The summed E-state index contributed by atoms with van der Waals surface area (Å²) in [7, 11) is 2.67. The van der Waals surface area contributed by atoms with Crippen molar-refractivity contribution in [2.75, 3.05) is 34.0 Å². The van der Waals surface area contributed by atoms with E-state index in [9.17, 15) is 9.59 Å². The fourth-order valence-electron chi connectivity index (χ4n) is 6.49. The summed E-state index contributed by atoms with van der Waals surface area (Å²) in [6, 6.07) is 12.3. The van der Waals surface area contributed by atoms with Gasteiger partial charge >= 0.3 is 6.09 Å². The van der Waals surface area contributed by atoms with Crippen LogP contribution in [0, 0.1) is 17.0 Å². The molecule has 0 radical (unpaired) electrons. The van der Waals surface area contributed by atoms with Crippen LogP contribution in [0.25, 0.3) is 11.1 Å². The molecule has 2 aliphatic rings. The molecule has 3 aromatic rings. The zero-order chi connectivity index (χ0) is 34.6. The molecule has 1 unspecified atom stereocenters. The highest BCUT2D eigenvalue weighted by atomic mass is 35.5. The fraction of sp³-hybridized carbons (Fsp3) is 0.444. The third-order valence-electron chi connectivity index (χ3n) is 8.67. The van der Waals surface area contributed by atoms with Crippen LogP contribution in [-0.2, 0) is 26.2 Å². The first-order valence-corrected chi connectivity index (χ1v) is 16.3. The Hall–Kier alpha value is -3.93. The third kappa shape index (κ3) is 7.09. The summed E-state index contributed by atoms with van der Waals surface area (Å²) >= 11 is 6.69. The van der Waals surface area contributed by atoms with Crippen molar-refractivity contribution in [1.82, 2.24) is 10.6 Å².